The minimum atomic E-state index is 0.481. The van der Waals surface area contributed by atoms with Gasteiger partial charge in [-0.2, -0.15) is 5.10 Å². The van der Waals surface area contributed by atoms with Crippen LogP contribution in [0.25, 0.3) is 32.9 Å². The summed E-state index contributed by atoms with van der Waals surface area (Å²) in [6, 6.07) is 22.7. The summed E-state index contributed by atoms with van der Waals surface area (Å²) in [6.07, 6.45) is 2.47. The largest absolute Gasteiger partial charge is 0.383 e. The normalized spacial score (nSPS) is 13.9. The van der Waals surface area contributed by atoms with Crippen LogP contribution >= 0.6 is 11.8 Å². The number of nitrogen functional groups attached to an aromatic ring is 1. The summed E-state index contributed by atoms with van der Waals surface area (Å²) in [5.74, 6) is 1.10. The Morgan fingerprint density at radius 2 is 1.77 bits per heavy atom. The van der Waals surface area contributed by atoms with E-state index in [2.05, 4.69) is 51.6 Å². The quantitative estimate of drug-likeness (QED) is 0.368. The number of aromatic amines is 1. The molecule has 0 bridgehead atoms. The van der Waals surface area contributed by atoms with Crippen molar-refractivity contribution in [1.82, 2.24) is 20.2 Å². The predicted octanol–water partition coefficient (Wildman–Crippen LogP) is 5.78. The first-order valence-electron chi connectivity index (χ1n) is 10.0. The number of nitrogens with zero attached hydrogens (tertiary/aromatic N) is 3. The Morgan fingerprint density at radius 1 is 0.933 bits per heavy atom. The van der Waals surface area contributed by atoms with Crippen LogP contribution < -0.4 is 5.73 Å². The number of rotatable bonds is 4. The van der Waals surface area contributed by atoms with Gasteiger partial charge >= 0.3 is 0 Å². The van der Waals surface area contributed by atoms with Crippen molar-refractivity contribution >= 4 is 39.3 Å². The van der Waals surface area contributed by atoms with Crippen molar-refractivity contribution in [3.05, 3.63) is 72.4 Å². The van der Waals surface area contributed by atoms with E-state index in [1.807, 2.05) is 30.3 Å². The fourth-order valence-electron chi connectivity index (χ4n) is 3.91. The molecule has 6 heteroatoms. The molecule has 0 amide bonds. The molecule has 0 radical (unpaired) electrons. The fourth-order valence-corrected chi connectivity index (χ4v) is 4.84. The highest BCUT2D eigenvalue weighted by atomic mass is 32.2. The van der Waals surface area contributed by atoms with Gasteiger partial charge in [-0.1, -0.05) is 48.5 Å². The number of fused-ring (bicyclic) bond motifs is 2. The van der Waals surface area contributed by atoms with E-state index in [4.69, 9.17) is 10.7 Å². The second-order valence-electron chi connectivity index (χ2n) is 7.65. The highest BCUT2D eigenvalue weighted by Gasteiger charge is 2.26. The summed E-state index contributed by atoms with van der Waals surface area (Å²) in [6.45, 7) is 0. The molecular weight excluding hydrogens is 390 g/mol. The van der Waals surface area contributed by atoms with Gasteiger partial charge in [0, 0.05) is 22.1 Å². The zero-order chi connectivity index (χ0) is 20.1. The maximum absolute atomic E-state index is 6.44. The predicted molar refractivity (Wildman–Crippen MR) is 122 cm³/mol. The molecule has 30 heavy (non-hydrogen) atoms. The maximum Gasteiger partial charge on any atom is 0.195 e. The molecule has 0 unspecified atom stereocenters. The summed E-state index contributed by atoms with van der Waals surface area (Å²) >= 11 is 1.54. The lowest BCUT2D eigenvalue weighted by molar-refractivity contribution is 0.967. The Hall–Kier alpha value is -3.38. The van der Waals surface area contributed by atoms with Crippen LogP contribution in [0.1, 0.15) is 24.5 Å². The summed E-state index contributed by atoms with van der Waals surface area (Å²) in [4.78, 5) is 10.6. The fraction of sp³-hybridized carbons (Fsp3) is 0.125. The first-order valence-corrected chi connectivity index (χ1v) is 10.9. The van der Waals surface area contributed by atoms with Gasteiger partial charge < -0.3 is 5.73 Å². The summed E-state index contributed by atoms with van der Waals surface area (Å²) in [5, 5.41) is 11.6. The number of H-pyrrole nitrogens is 1. The number of benzene rings is 3. The minimum Gasteiger partial charge on any atom is -0.383 e. The lowest BCUT2D eigenvalue weighted by Gasteiger charge is -2.09. The molecule has 0 aliphatic heterocycles. The Balaban J connectivity index is 1.43. The Morgan fingerprint density at radius 3 is 2.67 bits per heavy atom. The molecule has 0 spiro atoms. The van der Waals surface area contributed by atoms with Crippen LogP contribution in [0.3, 0.4) is 0 Å². The van der Waals surface area contributed by atoms with Crippen molar-refractivity contribution in [3.8, 4) is 11.3 Å². The van der Waals surface area contributed by atoms with E-state index >= 15 is 0 Å². The molecule has 5 aromatic rings. The Kier molecular flexibility index (Phi) is 3.99. The van der Waals surface area contributed by atoms with Crippen molar-refractivity contribution in [1.29, 1.82) is 0 Å². The Bertz CT molecular complexity index is 1400. The highest BCUT2D eigenvalue weighted by Crippen LogP contribution is 2.41. The number of hydrogen-bond acceptors (Lipinski definition) is 5. The third kappa shape index (κ3) is 3.00. The number of anilines is 1. The van der Waals surface area contributed by atoms with Crippen LogP contribution in [-0.2, 0) is 0 Å². The first-order chi connectivity index (χ1) is 14.8. The molecule has 1 fully saturated rings. The maximum atomic E-state index is 6.44. The van der Waals surface area contributed by atoms with Crippen molar-refractivity contribution in [2.45, 2.75) is 28.8 Å². The lowest BCUT2D eigenvalue weighted by atomic mass is 10.1. The van der Waals surface area contributed by atoms with E-state index in [1.165, 1.54) is 29.3 Å². The van der Waals surface area contributed by atoms with E-state index in [9.17, 15) is 0 Å². The topological polar surface area (TPSA) is 80.5 Å². The van der Waals surface area contributed by atoms with Crippen LogP contribution in [0.5, 0.6) is 0 Å². The van der Waals surface area contributed by atoms with E-state index in [0.29, 0.717) is 16.9 Å². The average molecular weight is 410 g/mol. The summed E-state index contributed by atoms with van der Waals surface area (Å²) in [7, 11) is 0. The number of nitrogens with one attached hydrogen (secondary N) is 1. The van der Waals surface area contributed by atoms with E-state index < -0.39 is 0 Å². The SMILES string of the molecule is Nc1nc(Sc2cccc3ccccc23)nc2cccc(-c3cc(C4CC4)[nH]n3)c12. The van der Waals surface area contributed by atoms with Crippen molar-refractivity contribution in [2.24, 2.45) is 0 Å². The molecule has 1 saturated carbocycles. The second-order valence-corrected chi connectivity index (χ2v) is 8.66. The number of nitrogens with two attached hydrogens (primary N) is 1. The van der Waals surface area contributed by atoms with Gasteiger partial charge in [-0.3, -0.25) is 5.10 Å². The van der Waals surface area contributed by atoms with Gasteiger partial charge in [-0.25, -0.2) is 9.97 Å². The highest BCUT2D eigenvalue weighted by molar-refractivity contribution is 7.99. The van der Waals surface area contributed by atoms with E-state index in [0.717, 1.165) is 27.1 Å². The summed E-state index contributed by atoms with van der Waals surface area (Å²) in [5.41, 5.74) is 10.3. The van der Waals surface area contributed by atoms with Crippen LogP contribution in [0.15, 0.2) is 76.8 Å². The molecule has 1 aliphatic carbocycles. The van der Waals surface area contributed by atoms with Gasteiger partial charge in [0.1, 0.15) is 5.82 Å². The van der Waals surface area contributed by atoms with Crippen LogP contribution in [-0.4, -0.2) is 20.2 Å². The van der Waals surface area contributed by atoms with Crippen LogP contribution in [0, 0.1) is 0 Å². The molecule has 2 heterocycles. The van der Waals surface area contributed by atoms with Crippen molar-refractivity contribution < 1.29 is 0 Å². The van der Waals surface area contributed by atoms with Crippen LogP contribution in [0.2, 0.25) is 0 Å². The molecule has 1 aliphatic rings. The Labute approximate surface area is 177 Å². The van der Waals surface area contributed by atoms with Gasteiger partial charge in [0.25, 0.3) is 0 Å². The molecular formula is C24H19N5S. The van der Waals surface area contributed by atoms with Gasteiger partial charge in [0.2, 0.25) is 0 Å². The van der Waals surface area contributed by atoms with Gasteiger partial charge in [-0.15, -0.1) is 0 Å². The molecule has 3 N–H and O–H groups in total. The first kappa shape index (κ1) is 17.5. The smallest absolute Gasteiger partial charge is 0.195 e. The van der Waals surface area contributed by atoms with E-state index in [-0.39, 0.29) is 0 Å². The summed E-state index contributed by atoms with van der Waals surface area (Å²) < 4.78 is 0. The number of aromatic nitrogens is 4. The third-order valence-electron chi connectivity index (χ3n) is 5.57. The third-order valence-corrected chi connectivity index (χ3v) is 6.51. The van der Waals surface area contributed by atoms with Crippen molar-refractivity contribution in [2.75, 3.05) is 5.73 Å². The van der Waals surface area contributed by atoms with E-state index in [1.54, 1.807) is 11.8 Å². The van der Waals surface area contributed by atoms with Gasteiger partial charge in [-0.05, 0) is 53.6 Å². The standard InChI is InChI=1S/C24H19N5S/c25-23-22-17(20-13-19(28-29-20)15-11-12-15)8-4-9-18(22)26-24(27-23)30-21-10-3-6-14-5-1-2-7-16(14)21/h1-10,13,15H,11-12H2,(H,28,29)(H2,25,26,27). The molecule has 5 nitrogen and oxygen atoms in total. The molecule has 6 rings (SSSR count). The van der Waals surface area contributed by atoms with Crippen LogP contribution in [0.4, 0.5) is 5.82 Å². The average Bonchev–Trinajstić information content (AvgIpc) is 3.50. The van der Waals surface area contributed by atoms with Crippen molar-refractivity contribution in [3.63, 3.8) is 0 Å². The van der Waals surface area contributed by atoms with Gasteiger partial charge in [0.15, 0.2) is 5.16 Å². The minimum absolute atomic E-state index is 0.481. The second kappa shape index (κ2) is 6.85. The molecule has 146 valence electrons. The molecule has 0 saturated heterocycles. The number of hydrogen-bond donors (Lipinski definition) is 2. The lowest BCUT2D eigenvalue weighted by Crippen LogP contribution is -1.98. The zero-order valence-electron chi connectivity index (χ0n) is 16.2. The molecule has 2 aromatic heterocycles. The monoisotopic (exact) mass is 409 g/mol. The zero-order valence-corrected chi connectivity index (χ0v) is 17.0. The van der Waals surface area contributed by atoms with Gasteiger partial charge in [0.05, 0.1) is 16.6 Å². The molecule has 3 aromatic carbocycles. The molecule has 0 atom stereocenters.